The van der Waals surface area contributed by atoms with Gasteiger partial charge >= 0.3 is 0 Å². The van der Waals surface area contributed by atoms with Gasteiger partial charge in [-0.05, 0) is 25.2 Å². The lowest BCUT2D eigenvalue weighted by Gasteiger charge is -2.29. The molecule has 0 saturated carbocycles. The zero-order chi connectivity index (χ0) is 12.4. The van der Waals surface area contributed by atoms with Crippen LogP contribution < -0.4 is 10.6 Å². The minimum atomic E-state index is 0.149. The summed E-state index contributed by atoms with van der Waals surface area (Å²) >= 11 is 1.57. The molecule has 1 aromatic heterocycles. The van der Waals surface area contributed by atoms with E-state index in [0.717, 1.165) is 41.1 Å². The molecular formula is C12H20N4S. The lowest BCUT2D eigenvalue weighted by Crippen LogP contribution is -2.32. The molecule has 3 N–H and O–H groups in total. The number of nitrogens with one attached hydrogen (secondary N) is 1. The van der Waals surface area contributed by atoms with Gasteiger partial charge < -0.3 is 10.6 Å². The first-order valence-electron chi connectivity index (χ1n) is 6.20. The Bertz CT molecular complexity index is 405. The molecule has 94 valence electrons. The van der Waals surface area contributed by atoms with Crippen molar-refractivity contribution in [2.75, 3.05) is 18.0 Å². The predicted octanol–water partition coefficient (Wildman–Crippen LogP) is 2.23. The van der Waals surface area contributed by atoms with Crippen LogP contribution in [0.25, 0.3) is 0 Å². The molecule has 1 aromatic rings. The smallest absolute Gasteiger partial charge is 0.186 e. The van der Waals surface area contributed by atoms with Crippen LogP contribution >= 0.6 is 11.3 Å². The average molecular weight is 252 g/mol. The van der Waals surface area contributed by atoms with Gasteiger partial charge in [0, 0.05) is 13.1 Å². The summed E-state index contributed by atoms with van der Waals surface area (Å²) in [7, 11) is 0. The number of hydrogen-bond donors (Lipinski definition) is 2. The van der Waals surface area contributed by atoms with Crippen molar-refractivity contribution in [2.45, 2.75) is 33.1 Å². The molecule has 1 fully saturated rings. The van der Waals surface area contributed by atoms with E-state index in [1.165, 1.54) is 12.8 Å². The fraction of sp³-hybridized carbons (Fsp3) is 0.667. The monoisotopic (exact) mass is 252 g/mol. The summed E-state index contributed by atoms with van der Waals surface area (Å²) in [5, 5.41) is 8.61. The second-order valence-corrected chi connectivity index (χ2v) is 5.69. The molecule has 0 amide bonds. The number of aryl methyl sites for hydroxylation is 1. The molecule has 0 atom stereocenters. The first-order valence-corrected chi connectivity index (χ1v) is 7.02. The summed E-state index contributed by atoms with van der Waals surface area (Å²) < 4.78 is 0. The van der Waals surface area contributed by atoms with E-state index in [0.29, 0.717) is 0 Å². The number of thiazole rings is 1. The fourth-order valence-electron chi connectivity index (χ4n) is 2.12. The second kappa shape index (κ2) is 5.04. The molecule has 2 rings (SSSR count). The third kappa shape index (κ3) is 2.60. The highest BCUT2D eigenvalue weighted by Gasteiger charge is 2.21. The number of amidine groups is 1. The van der Waals surface area contributed by atoms with Gasteiger partial charge in [-0.3, -0.25) is 5.41 Å². The number of nitrogen functional groups attached to an aromatic ring is 1. The molecule has 0 spiro atoms. The molecule has 17 heavy (non-hydrogen) atoms. The highest BCUT2D eigenvalue weighted by Crippen LogP contribution is 2.29. The molecule has 4 nitrogen and oxygen atoms in total. The number of nitrogens with two attached hydrogens (primary N) is 1. The normalized spacial score (nSPS) is 17.4. The minimum absolute atomic E-state index is 0.149. The van der Waals surface area contributed by atoms with Crippen LogP contribution in [-0.2, 0) is 6.42 Å². The summed E-state index contributed by atoms with van der Waals surface area (Å²) in [5.74, 6) is 0.972. The van der Waals surface area contributed by atoms with E-state index < -0.39 is 0 Å². The Morgan fingerprint density at radius 3 is 2.65 bits per heavy atom. The Labute approximate surface area is 106 Å². The summed E-state index contributed by atoms with van der Waals surface area (Å²) in [4.78, 5) is 7.80. The summed E-state index contributed by atoms with van der Waals surface area (Å²) in [6.45, 7) is 6.52. The van der Waals surface area contributed by atoms with Crippen molar-refractivity contribution in [3.05, 3.63) is 10.6 Å². The number of rotatable bonds is 3. The molecular weight excluding hydrogens is 232 g/mol. The third-order valence-corrected chi connectivity index (χ3v) is 4.51. The molecule has 2 heterocycles. The van der Waals surface area contributed by atoms with Crippen LogP contribution in [0.1, 0.15) is 37.3 Å². The number of hydrogen-bond acceptors (Lipinski definition) is 4. The molecule has 5 heteroatoms. The maximum Gasteiger partial charge on any atom is 0.186 e. The van der Waals surface area contributed by atoms with Crippen molar-refractivity contribution < 1.29 is 0 Å². The lowest BCUT2D eigenvalue weighted by molar-refractivity contribution is 0.438. The Balaban J connectivity index is 2.19. The van der Waals surface area contributed by atoms with Crippen LogP contribution in [0.2, 0.25) is 0 Å². The zero-order valence-corrected chi connectivity index (χ0v) is 11.3. The second-order valence-electron chi connectivity index (χ2n) is 4.71. The van der Waals surface area contributed by atoms with Crippen LogP contribution in [0.5, 0.6) is 0 Å². The van der Waals surface area contributed by atoms with E-state index in [1.54, 1.807) is 11.3 Å². The van der Waals surface area contributed by atoms with Crippen LogP contribution in [0, 0.1) is 11.3 Å². The van der Waals surface area contributed by atoms with Gasteiger partial charge in [0.1, 0.15) is 5.84 Å². The molecule has 0 radical (unpaired) electrons. The third-order valence-electron chi connectivity index (χ3n) is 3.32. The fourth-order valence-corrected chi connectivity index (χ4v) is 3.19. The van der Waals surface area contributed by atoms with Crippen molar-refractivity contribution in [2.24, 2.45) is 11.7 Å². The Morgan fingerprint density at radius 2 is 2.18 bits per heavy atom. The SMILES string of the molecule is CCc1nc(N2CCC(C)CC2)sc1C(=N)N. The topological polar surface area (TPSA) is 66.0 Å². The maximum absolute atomic E-state index is 7.57. The largest absolute Gasteiger partial charge is 0.383 e. The summed E-state index contributed by atoms with van der Waals surface area (Å²) in [5.41, 5.74) is 6.56. The quantitative estimate of drug-likeness (QED) is 0.640. The number of nitrogens with zero attached hydrogens (tertiary/aromatic N) is 2. The van der Waals surface area contributed by atoms with E-state index >= 15 is 0 Å². The van der Waals surface area contributed by atoms with Crippen molar-refractivity contribution in [1.82, 2.24) is 4.98 Å². The Hall–Kier alpha value is -1.10. The first kappa shape index (κ1) is 12.4. The van der Waals surface area contributed by atoms with E-state index in [4.69, 9.17) is 11.1 Å². The van der Waals surface area contributed by atoms with Crippen molar-refractivity contribution >= 4 is 22.3 Å². The Morgan fingerprint density at radius 1 is 1.53 bits per heavy atom. The van der Waals surface area contributed by atoms with E-state index in [2.05, 4.69) is 23.7 Å². The van der Waals surface area contributed by atoms with Gasteiger partial charge in [0.25, 0.3) is 0 Å². The summed E-state index contributed by atoms with van der Waals surface area (Å²) in [6.07, 6.45) is 3.31. The van der Waals surface area contributed by atoms with Crippen molar-refractivity contribution in [3.63, 3.8) is 0 Å². The Kier molecular flexibility index (Phi) is 3.66. The molecule has 0 aromatic carbocycles. The number of aromatic nitrogens is 1. The summed E-state index contributed by atoms with van der Waals surface area (Å²) in [6, 6.07) is 0. The maximum atomic E-state index is 7.57. The number of anilines is 1. The standard InChI is InChI=1S/C12H20N4S/c1-3-9-10(11(13)14)17-12(15-9)16-6-4-8(2)5-7-16/h8H,3-7H2,1-2H3,(H3,13,14). The van der Waals surface area contributed by atoms with Gasteiger partial charge in [-0.15, -0.1) is 0 Å². The van der Waals surface area contributed by atoms with Gasteiger partial charge in [-0.1, -0.05) is 25.2 Å². The minimum Gasteiger partial charge on any atom is -0.383 e. The van der Waals surface area contributed by atoms with Crippen LogP contribution in [0.3, 0.4) is 0 Å². The lowest BCUT2D eigenvalue weighted by atomic mass is 10.00. The van der Waals surface area contributed by atoms with Gasteiger partial charge in [0.05, 0.1) is 10.6 Å². The van der Waals surface area contributed by atoms with E-state index in [1.807, 2.05) is 0 Å². The van der Waals surface area contributed by atoms with Crippen molar-refractivity contribution in [1.29, 1.82) is 5.41 Å². The van der Waals surface area contributed by atoms with Gasteiger partial charge in [0.2, 0.25) is 0 Å². The van der Waals surface area contributed by atoms with Crippen molar-refractivity contribution in [3.8, 4) is 0 Å². The number of piperidine rings is 1. The zero-order valence-electron chi connectivity index (χ0n) is 10.5. The van der Waals surface area contributed by atoms with Crippen LogP contribution in [0.4, 0.5) is 5.13 Å². The van der Waals surface area contributed by atoms with Crippen LogP contribution in [0.15, 0.2) is 0 Å². The highest BCUT2D eigenvalue weighted by molar-refractivity contribution is 7.17. The molecule has 0 aliphatic carbocycles. The molecule has 1 aliphatic heterocycles. The molecule has 1 aliphatic rings. The van der Waals surface area contributed by atoms with Crippen LogP contribution in [-0.4, -0.2) is 23.9 Å². The first-order chi connectivity index (χ1) is 8.11. The predicted molar refractivity (Wildman–Crippen MR) is 73.1 cm³/mol. The van der Waals surface area contributed by atoms with E-state index in [-0.39, 0.29) is 5.84 Å². The molecule has 1 saturated heterocycles. The molecule has 0 bridgehead atoms. The van der Waals surface area contributed by atoms with Gasteiger partial charge in [-0.2, -0.15) is 0 Å². The van der Waals surface area contributed by atoms with Gasteiger partial charge in [0.15, 0.2) is 5.13 Å². The van der Waals surface area contributed by atoms with Gasteiger partial charge in [-0.25, -0.2) is 4.98 Å². The van der Waals surface area contributed by atoms with E-state index in [9.17, 15) is 0 Å². The molecule has 0 unspecified atom stereocenters. The average Bonchev–Trinajstić information content (AvgIpc) is 2.74. The highest BCUT2D eigenvalue weighted by atomic mass is 32.1.